The third-order valence-electron chi connectivity index (χ3n) is 4.35. The van der Waals surface area contributed by atoms with E-state index < -0.39 is 26.4 Å². The quantitative estimate of drug-likeness (QED) is 0.239. The Morgan fingerprint density at radius 3 is 1.83 bits per heavy atom. The summed E-state index contributed by atoms with van der Waals surface area (Å²) in [5, 5.41) is 19.7. The number of hydrogen-bond acceptors (Lipinski definition) is 4. The maximum atomic E-state index is 13.0. The first-order chi connectivity index (χ1) is 13.5. The fourth-order valence-corrected chi connectivity index (χ4v) is 5.74. The van der Waals surface area contributed by atoms with Crippen LogP contribution in [-0.2, 0) is 14.9 Å². The minimum Gasteiger partial charge on any atom is -0.504 e. The smallest absolute Gasteiger partial charge is 0.283 e. The Labute approximate surface area is 186 Å². The Balaban J connectivity index is 2.63. The average molecular weight is 494 g/mol. The molecule has 0 aromatic heterocycles. The summed E-state index contributed by atoms with van der Waals surface area (Å²) < 4.78 is 34.1. The zero-order valence-electron chi connectivity index (χ0n) is 14.3. The summed E-state index contributed by atoms with van der Waals surface area (Å²) in [4.78, 5) is 0. The lowest BCUT2D eigenvalue weighted by Gasteiger charge is -2.34. The maximum Gasteiger partial charge on any atom is 0.283 e. The predicted molar refractivity (Wildman–Crippen MR) is 114 cm³/mol. The summed E-state index contributed by atoms with van der Waals surface area (Å²) >= 11 is 24.8. The first-order valence-corrected chi connectivity index (χ1v) is 10.8. The van der Waals surface area contributed by atoms with Crippen molar-refractivity contribution in [1.82, 2.24) is 0 Å². The van der Waals surface area contributed by atoms with Gasteiger partial charge in [0.25, 0.3) is 10.1 Å². The van der Waals surface area contributed by atoms with Gasteiger partial charge >= 0.3 is 0 Å². The van der Waals surface area contributed by atoms with Crippen LogP contribution < -0.4 is 0 Å². The Kier molecular flexibility index (Phi) is 5.98. The van der Waals surface area contributed by atoms with Crippen molar-refractivity contribution in [3.05, 3.63) is 91.4 Å². The number of aromatic hydroxyl groups is 2. The highest BCUT2D eigenvalue weighted by Crippen LogP contribution is 2.51. The Morgan fingerprint density at radius 1 is 0.724 bits per heavy atom. The van der Waals surface area contributed by atoms with E-state index in [4.69, 9.17) is 46.4 Å². The molecule has 0 fully saturated rings. The molecular weight excluding hydrogens is 482 g/mol. The Bertz CT molecular complexity index is 1190. The van der Waals surface area contributed by atoms with Crippen LogP contribution in [0, 0.1) is 0 Å². The number of benzene rings is 3. The number of phenols is 2. The molecule has 3 aromatic rings. The second kappa shape index (κ2) is 7.87. The van der Waals surface area contributed by atoms with Crippen LogP contribution in [0.3, 0.4) is 0 Å². The van der Waals surface area contributed by atoms with Crippen molar-refractivity contribution in [2.24, 2.45) is 0 Å². The van der Waals surface area contributed by atoms with E-state index in [0.29, 0.717) is 0 Å². The van der Waals surface area contributed by atoms with Crippen LogP contribution in [0.15, 0.2) is 54.6 Å². The van der Waals surface area contributed by atoms with Crippen LogP contribution >= 0.6 is 46.4 Å². The van der Waals surface area contributed by atoms with Gasteiger partial charge in [0.1, 0.15) is 0 Å². The van der Waals surface area contributed by atoms with Crippen molar-refractivity contribution in [3.63, 3.8) is 0 Å². The highest BCUT2D eigenvalue weighted by atomic mass is 35.5. The van der Waals surface area contributed by atoms with E-state index in [1.165, 1.54) is 36.4 Å². The van der Waals surface area contributed by atoms with Gasteiger partial charge in [0.15, 0.2) is 16.2 Å². The SMILES string of the molecule is O=S(=O)(O)C(c1cc(Cl)cc(Cl)c1)(c1ccccc1Cl)c1cc(O)c(O)cc1Cl. The molecule has 0 amide bonds. The summed E-state index contributed by atoms with van der Waals surface area (Å²) in [6.45, 7) is 0. The number of phenolic OH excluding ortho intramolecular Hbond substituents is 2. The molecule has 3 N–H and O–H groups in total. The van der Waals surface area contributed by atoms with Gasteiger partial charge in [-0.3, -0.25) is 4.55 Å². The number of hydrogen-bond donors (Lipinski definition) is 3. The summed E-state index contributed by atoms with van der Waals surface area (Å²) in [6, 6.07) is 11.7. The molecule has 152 valence electrons. The molecule has 0 aliphatic carbocycles. The van der Waals surface area contributed by atoms with Crippen molar-refractivity contribution in [2.45, 2.75) is 4.75 Å². The van der Waals surface area contributed by atoms with E-state index in [2.05, 4.69) is 0 Å². The molecule has 3 aromatic carbocycles. The van der Waals surface area contributed by atoms with Gasteiger partial charge in [-0.15, -0.1) is 0 Å². The van der Waals surface area contributed by atoms with E-state index in [9.17, 15) is 23.2 Å². The van der Waals surface area contributed by atoms with E-state index in [0.717, 1.165) is 12.1 Å². The van der Waals surface area contributed by atoms with E-state index in [1.54, 1.807) is 6.07 Å². The lowest BCUT2D eigenvalue weighted by Crippen LogP contribution is -2.39. The van der Waals surface area contributed by atoms with Gasteiger partial charge in [0.05, 0.1) is 5.02 Å². The van der Waals surface area contributed by atoms with Crippen molar-refractivity contribution < 1.29 is 23.2 Å². The predicted octanol–water partition coefficient (Wildman–Crippen LogP) is 5.89. The minimum atomic E-state index is -5.07. The molecule has 1 atom stereocenters. The van der Waals surface area contributed by atoms with E-state index >= 15 is 0 Å². The normalized spacial score (nSPS) is 13.8. The van der Waals surface area contributed by atoms with Gasteiger partial charge in [-0.05, 0) is 35.9 Å². The minimum absolute atomic E-state index is 0.00939. The van der Waals surface area contributed by atoms with Crippen LogP contribution in [0.25, 0.3) is 0 Å². The second-order valence-electron chi connectivity index (χ2n) is 6.11. The standard InChI is InChI=1S/C19H12Cl4O5S/c20-11-5-10(6-12(21)7-11)19(29(26,27)28,13-3-1-2-4-15(13)22)14-8-17(24)18(25)9-16(14)23/h1-9,24-25H,(H,26,27,28). The highest BCUT2D eigenvalue weighted by Gasteiger charge is 2.51. The molecule has 0 radical (unpaired) electrons. The van der Waals surface area contributed by atoms with Gasteiger partial charge in [-0.25, -0.2) is 0 Å². The fourth-order valence-electron chi connectivity index (χ4n) is 3.21. The molecule has 0 saturated carbocycles. The molecule has 29 heavy (non-hydrogen) atoms. The molecule has 0 aliphatic rings. The monoisotopic (exact) mass is 492 g/mol. The van der Waals surface area contributed by atoms with Gasteiger partial charge < -0.3 is 10.2 Å². The molecule has 10 heteroatoms. The van der Waals surface area contributed by atoms with Crippen molar-refractivity contribution in [2.75, 3.05) is 0 Å². The molecule has 3 rings (SSSR count). The van der Waals surface area contributed by atoms with Crippen molar-refractivity contribution in [3.8, 4) is 11.5 Å². The molecule has 0 spiro atoms. The zero-order chi connectivity index (χ0) is 21.6. The maximum absolute atomic E-state index is 13.0. The lowest BCUT2D eigenvalue weighted by molar-refractivity contribution is 0.402. The molecule has 0 bridgehead atoms. The molecule has 5 nitrogen and oxygen atoms in total. The molecule has 0 saturated heterocycles. The van der Waals surface area contributed by atoms with E-state index in [1.807, 2.05) is 0 Å². The van der Waals surface area contributed by atoms with Gasteiger partial charge in [0.2, 0.25) is 0 Å². The van der Waals surface area contributed by atoms with Crippen molar-refractivity contribution in [1.29, 1.82) is 0 Å². The number of halogens is 4. The van der Waals surface area contributed by atoms with Gasteiger partial charge in [0, 0.05) is 32.3 Å². The largest absolute Gasteiger partial charge is 0.504 e. The second-order valence-corrected chi connectivity index (χ2v) is 9.36. The fraction of sp³-hybridized carbons (Fsp3) is 0.0526. The van der Waals surface area contributed by atoms with Crippen LogP contribution in [0.4, 0.5) is 0 Å². The van der Waals surface area contributed by atoms with Crippen LogP contribution in [0.1, 0.15) is 16.7 Å². The van der Waals surface area contributed by atoms with Crippen LogP contribution in [0.2, 0.25) is 20.1 Å². The molecule has 0 heterocycles. The van der Waals surface area contributed by atoms with Crippen LogP contribution in [0.5, 0.6) is 11.5 Å². The first kappa shape index (κ1) is 22.0. The van der Waals surface area contributed by atoms with Gasteiger partial charge in [-0.2, -0.15) is 8.42 Å². The van der Waals surface area contributed by atoms with Gasteiger partial charge in [-0.1, -0.05) is 64.6 Å². The molecule has 0 aliphatic heterocycles. The third-order valence-corrected chi connectivity index (χ3v) is 6.88. The summed E-state index contributed by atoms with van der Waals surface area (Å²) in [5.74, 6) is -1.23. The highest BCUT2D eigenvalue weighted by molar-refractivity contribution is 7.87. The Hall–Kier alpha value is -1.67. The van der Waals surface area contributed by atoms with Crippen LogP contribution in [-0.4, -0.2) is 23.2 Å². The zero-order valence-corrected chi connectivity index (χ0v) is 18.1. The summed E-state index contributed by atoms with van der Waals surface area (Å²) in [5.41, 5.74) is -0.393. The summed E-state index contributed by atoms with van der Waals surface area (Å²) in [7, 11) is -5.07. The van der Waals surface area contributed by atoms with E-state index in [-0.39, 0.29) is 36.8 Å². The molecule has 1 unspecified atom stereocenters. The third kappa shape index (κ3) is 3.77. The first-order valence-electron chi connectivity index (χ1n) is 7.89. The lowest BCUT2D eigenvalue weighted by atomic mass is 9.83. The summed E-state index contributed by atoms with van der Waals surface area (Å²) in [6.07, 6.45) is 0. The Morgan fingerprint density at radius 2 is 1.28 bits per heavy atom. The topological polar surface area (TPSA) is 94.8 Å². The molecular formula is C19H12Cl4O5S. The average Bonchev–Trinajstić information content (AvgIpc) is 2.59. The van der Waals surface area contributed by atoms with Crippen molar-refractivity contribution >= 4 is 56.5 Å². The number of rotatable bonds is 4.